The smallest absolute Gasteiger partial charge is 0.252 e. The van der Waals surface area contributed by atoms with Gasteiger partial charge in [-0.1, -0.05) is 42.5 Å². The van der Waals surface area contributed by atoms with Crippen LogP contribution in [0.2, 0.25) is 0 Å². The zero-order chi connectivity index (χ0) is 23.4. The highest BCUT2D eigenvalue weighted by Crippen LogP contribution is 2.23. The van der Waals surface area contributed by atoms with Gasteiger partial charge in [-0.2, -0.15) is 0 Å². The first-order valence-electron chi connectivity index (χ1n) is 11.5. The minimum absolute atomic E-state index is 0.0857. The van der Waals surface area contributed by atoms with Gasteiger partial charge in [0.15, 0.2) is 0 Å². The number of carbonyl (C=O) groups is 1. The second kappa shape index (κ2) is 9.90. The topological polar surface area (TPSA) is 56.1 Å². The van der Waals surface area contributed by atoms with Crippen molar-refractivity contribution in [3.63, 3.8) is 0 Å². The number of nitrogens with one attached hydrogen (secondary N) is 1. The Balaban J connectivity index is 1.50. The Labute approximate surface area is 195 Å². The van der Waals surface area contributed by atoms with Gasteiger partial charge in [0, 0.05) is 12.1 Å². The van der Waals surface area contributed by atoms with Crippen LogP contribution in [0.5, 0.6) is 5.75 Å². The molecule has 1 N–H and O–H groups in total. The molecule has 0 saturated heterocycles. The molecule has 0 aliphatic rings. The molecule has 1 atom stereocenters. The maximum Gasteiger partial charge on any atom is 0.252 e. The van der Waals surface area contributed by atoms with Crippen LogP contribution in [0, 0.1) is 20.8 Å². The number of carbonyl (C=O) groups excluding carboxylic acids is 1. The molecule has 1 amide bonds. The molecule has 4 rings (SSSR count). The molecule has 4 aromatic rings. The highest BCUT2D eigenvalue weighted by molar-refractivity contribution is 5.95. The first-order chi connectivity index (χ1) is 15.9. The van der Waals surface area contributed by atoms with Crippen molar-refractivity contribution < 1.29 is 9.53 Å². The van der Waals surface area contributed by atoms with Crippen molar-refractivity contribution in [3.8, 4) is 5.75 Å². The van der Waals surface area contributed by atoms with Crippen LogP contribution in [0.25, 0.3) is 11.0 Å². The highest BCUT2D eigenvalue weighted by Gasteiger charge is 2.19. The maximum absolute atomic E-state index is 12.9. The van der Waals surface area contributed by atoms with E-state index >= 15 is 0 Å². The Morgan fingerprint density at radius 3 is 2.58 bits per heavy atom. The van der Waals surface area contributed by atoms with Crippen molar-refractivity contribution in [3.05, 3.63) is 94.8 Å². The molecular formula is C28H31N3O2. The fraction of sp³-hybridized carbons (Fsp3) is 0.286. The number of amides is 1. The van der Waals surface area contributed by atoms with E-state index in [-0.39, 0.29) is 11.9 Å². The van der Waals surface area contributed by atoms with E-state index in [4.69, 9.17) is 9.72 Å². The number of benzene rings is 3. The van der Waals surface area contributed by atoms with E-state index in [1.807, 2.05) is 56.3 Å². The quantitative estimate of drug-likeness (QED) is 0.345. The predicted molar refractivity (Wildman–Crippen MR) is 133 cm³/mol. The molecule has 5 nitrogen and oxygen atoms in total. The molecule has 0 bridgehead atoms. The standard InChI is InChI=1S/C28H31N3O2/c1-19-14-15-21(3)26(18-19)33-17-9-16-31-25-13-8-7-12-24(25)30-27(31)22(4)29-28(32)23-11-6-5-10-20(23)2/h5-8,10-15,18,22H,9,16-17H2,1-4H3,(H,29,32). The van der Waals surface area contributed by atoms with Crippen molar-refractivity contribution in [2.45, 2.75) is 46.7 Å². The molecule has 33 heavy (non-hydrogen) atoms. The third-order valence-electron chi connectivity index (χ3n) is 5.94. The summed E-state index contributed by atoms with van der Waals surface area (Å²) in [6.07, 6.45) is 0.833. The number of rotatable bonds is 8. The van der Waals surface area contributed by atoms with Gasteiger partial charge in [0.25, 0.3) is 5.91 Å². The van der Waals surface area contributed by atoms with Crippen LogP contribution in [-0.4, -0.2) is 22.1 Å². The first kappa shape index (κ1) is 22.6. The molecule has 0 fully saturated rings. The number of nitrogens with zero attached hydrogens (tertiary/aromatic N) is 2. The minimum atomic E-state index is -0.232. The number of aryl methyl sites for hydroxylation is 4. The van der Waals surface area contributed by atoms with Gasteiger partial charge in [-0.05, 0) is 75.1 Å². The number of ether oxygens (including phenoxy) is 1. The van der Waals surface area contributed by atoms with Crippen molar-refractivity contribution in [2.75, 3.05) is 6.61 Å². The fourth-order valence-electron chi connectivity index (χ4n) is 4.09. The van der Waals surface area contributed by atoms with Gasteiger partial charge in [-0.15, -0.1) is 0 Å². The Hall–Kier alpha value is -3.60. The fourth-order valence-corrected chi connectivity index (χ4v) is 4.09. The van der Waals surface area contributed by atoms with Gasteiger partial charge in [0.2, 0.25) is 0 Å². The lowest BCUT2D eigenvalue weighted by atomic mass is 10.1. The van der Waals surface area contributed by atoms with E-state index in [9.17, 15) is 4.79 Å². The minimum Gasteiger partial charge on any atom is -0.493 e. The zero-order valence-electron chi connectivity index (χ0n) is 19.8. The van der Waals surface area contributed by atoms with Crippen LogP contribution in [0.4, 0.5) is 0 Å². The van der Waals surface area contributed by atoms with Crippen molar-refractivity contribution in [1.29, 1.82) is 0 Å². The van der Waals surface area contributed by atoms with Crippen LogP contribution >= 0.6 is 0 Å². The summed E-state index contributed by atoms with van der Waals surface area (Å²) in [4.78, 5) is 17.7. The van der Waals surface area contributed by atoms with E-state index in [1.165, 1.54) is 5.56 Å². The summed E-state index contributed by atoms with van der Waals surface area (Å²) < 4.78 is 8.26. The van der Waals surface area contributed by atoms with Crippen molar-refractivity contribution in [1.82, 2.24) is 14.9 Å². The van der Waals surface area contributed by atoms with Crippen LogP contribution in [0.15, 0.2) is 66.7 Å². The monoisotopic (exact) mass is 441 g/mol. The maximum atomic E-state index is 12.9. The molecule has 0 aliphatic carbocycles. The van der Waals surface area contributed by atoms with Gasteiger partial charge in [0.05, 0.1) is 23.7 Å². The average Bonchev–Trinajstić information content (AvgIpc) is 3.18. The zero-order valence-corrected chi connectivity index (χ0v) is 19.8. The second-order valence-electron chi connectivity index (χ2n) is 8.59. The lowest BCUT2D eigenvalue weighted by molar-refractivity contribution is 0.0937. The summed E-state index contributed by atoms with van der Waals surface area (Å²) in [5, 5.41) is 3.13. The van der Waals surface area contributed by atoms with E-state index in [0.717, 1.165) is 46.7 Å². The largest absolute Gasteiger partial charge is 0.493 e. The van der Waals surface area contributed by atoms with Gasteiger partial charge in [-0.3, -0.25) is 4.79 Å². The Kier molecular flexibility index (Phi) is 6.78. The number of hydrogen-bond acceptors (Lipinski definition) is 3. The summed E-state index contributed by atoms with van der Waals surface area (Å²) in [7, 11) is 0. The predicted octanol–water partition coefficient (Wildman–Crippen LogP) is 5.92. The average molecular weight is 442 g/mol. The van der Waals surface area contributed by atoms with E-state index in [2.05, 4.69) is 48.0 Å². The third-order valence-corrected chi connectivity index (χ3v) is 5.94. The van der Waals surface area contributed by atoms with Gasteiger partial charge < -0.3 is 14.6 Å². The Morgan fingerprint density at radius 2 is 1.76 bits per heavy atom. The molecule has 0 radical (unpaired) electrons. The molecule has 0 spiro atoms. The van der Waals surface area contributed by atoms with Gasteiger partial charge in [0.1, 0.15) is 11.6 Å². The summed E-state index contributed by atoms with van der Waals surface area (Å²) >= 11 is 0. The first-order valence-corrected chi connectivity index (χ1v) is 11.5. The van der Waals surface area contributed by atoms with Crippen LogP contribution in [0.3, 0.4) is 0 Å². The SMILES string of the molecule is Cc1ccc(C)c(OCCCn2c(C(C)NC(=O)c3ccccc3C)nc3ccccc32)c1. The summed E-state index contributed by atoms with van der Waals surface area (Å²) in [5.74, 6) is 1.70. The Bertz CT molecular complexity index is 1280. The van der Waals surface area contributed by atoms with E-state index in [0.29, 0.717) is 12.2 Å². The van der Waals surface area contributed by atoms with Gasteiger partial charge in [-0.25, -0.2) is 4.98 Å². The number of fused-ring (bicyclic) bond motifs is 1. The highest BCUT2D eigenvalue weighted by atomic mass is 16.5. The molecule has 3 aromatic carbocycles. The van der Waals surface area contributed by atoms with E-state index in [1.54, 1.807) is 0 Å². The van der Waals surface area contributed by atoms with Crippen LogP contribution < -0.4 is 10.1 Å². The molecule has 1 unspecified atom stereocenters. The second-order valence-corrected chi connectivity index (χ2v) is 8.59. The van der Waals surface area contributed by atoms with Gasteiger partial charge >= 0.3 is 0 Å². The molecule has 170 valence electrons. The number of aromatic nitrogens is 2. The molecule has 5 heteroatoms. The van der Waals surface area contributed by atoms with Crippen molar-refractivity contribution >= 4 is 16.9 Å². The molecule has 0 saturated carbocycles. The lowest BCUT2D eigenvalue weighted by Gasteiger charge is -2.17. The third kappa shape index (κ3) is 5.08. The number of hydrogen-bond donors (Lipinski definition) is 1. The normalized spacial score (nSPS) is 12.0. The molecular weight excluding hydrogens is 410 g/mol. The summed E-state index contributed by atoms with van der Waals surface area (Å²) in [5.41, 5.74) is 5.98. The molecule has 1 aromatic heterocycles. The summed E-state index contributed by atoms with van der Waals surface area (Å²) in [6.45, 7) is 9.44. The number of para-hydroxylation sites is 2. The van der Waals surface area contributed by atoms with Crippen molar-refractivity contribution in [2.24, 2.45) is 0 Å². The lowest BCUT2D eigenvalue weighted by Crippen LogP contribution is -2.29. The van der Waals surface area contributed by atoms with E-state index < -0.39 is 0 Å². The van der Waals surface area contributed by atoms with Crippen LogP contribution in [0.1, 0.15) is 52.3 Å². The number of imidazole rings is 1. The molecule has 1 heterocycles. The summed E-state index contributed by atoms with van der Waals surface area (Å²) in [6, 6.07) is 21.8. The van der Waals surface area contributed by atoms with Crippen LogP contribution in [-0.2, 0) is 6.54 Å². The Morgan fingerprint density at radius 1 is 1.00 bits per heavy atom. The molecule has 0 aliphatic heterocycles.